The lowest BCUT2D eigenvalue weighted by atomic mass is 9.97. The number of halogens is 3. The molecule has 1 aliphatic heterocycles. The van der Waals surface area contributed by atoms with E-state index in [4.69, 9.17) is 0 Å². The van der Waals surface area contributed by atoms with E-state index in [2.05, 4.69) is 10.3 Å². The number of alkyl halides is 3. The molecule has 1 saturated heterocycles. The molecule has 0 saturated carbocycles. The number of aromatic nitrogens is 3. The predicted octanol–water partition coefficient (Wildman–Crippen LogP) is 2.99. The minimum absolute atomic E-state index is 0.0585. The van der Waals surface area contributed by atoms with Crippen molar-refractivity contribution in [1.29, 1.82) is 0 Å². The number of nitrogens with zero attached hydrogens (tertiary/aromatic N) is 4. The van der Waals surface area contributed by atoms with E-state index >= 15 is 0 Å². The van der Waals surface area contributed by atoms with E-state index in [9.17, 15) is 18.0 Å². The van der Waals surface area contributed by atoms with E-state index in [0.29, 0.717) is 18.7 Å². The molecule has 0 spiro atoms. The van der Waals surface area contributed by atoms with Gasteiger partial charge < -0.3 is 4.90 Å². The first kappa shape index (κ1) is 16.5. The van der Waals surface area contributed by atoms with Crippen LogP contribution in [0.5, 0.6) is 0 Å². The van der Waals surface area contributed by atoms with Gasteiger partial charge in [-0.15, -0.1) is 5.10 Å². The number of piperidine rings is 1. The maximum Gasteiger partial charge on any atom is 0.393 e. The molecule has 1 aliphatic rings. The summed E-state index contributed by atoms with van der Waals surface area (Å²) >= 11 is 0. The first-order valence-electron chi connectivity index (χ1n) is 7.71. The van der Waals surface area contributed by atoms with Crippen LogP contribution in [0.25, 0.3) is 5.69 Å². The second-order valence-electron chi connectivity index (χ2n) is 5.90. The van der Waals surface area contributed by atoms with Crippen LogP contribution in [-0.4, -0.2) is 45.1 Å². The monoisotopic (exact) mass is 338 g/mol. The summed E-state index contributed by atoms with van der Waals surface area (Å²) in [7, 11) is 0. The van der Waals surface area contributed by atoms with Gasteiger partial charge in [-0.1, -0.05) is 23.4 Å². The van der Waals surface area contributed by atoms with Crippen LogP contribution in [0.2, 0.25) is 0 Å². The van der Waals surface area contributed by atoms with Gasteiger partial charge in [0.25, 0.3) is 5.91 Å². The third-order valence-electron chi connectivity index (χ3n) is 4.27. The lowest BCUT2D eigenvalue weighted by Crippen LogP contribution is -2.44. The van der Waals surface area contributed by atoms with Crippen molar-refractivity contribution in [3.8, 4) is 5.69 Å². The molecule has 1 amide bonds. The molecule has 128 valence electrons. The van der Waals surface area contributed by atoms with Crippen molar-refractivity contribution in [2.75, 3.05) is 13.1 Å². The van der Waals surface area contributed by atoms with Crippen molar-refractivity contribution in [3.05, 3.63) is 41.7 Å². The average Bonchev–Trinajstić information content (AvgIpc) is 2.96. The highest BCUT2D eigenvalue weighted by Crippen LogP contribution is 2.33. The normalized spacial score (nSPS) is 18.7. The fourth-order valence-electron chi connectivity index (χ4n) is 2.92. The van der Waals surface area contributed by atoms with Gasteiger partial charge in [-0.2, -0.15) is 13.2 Å². The Hall–Kier alpha value is -2.38. The molecule has 1 aromatic heterocycles. The minimum atomic E-state index is -4.28. The fraction of sp³-hybridized carbons (Fsp3) is 0.438. The van der Waals surface area contributed by atoms with E-state index in [0.717, 1.165) is 5.69 Å². The van der Waals surface area contributed by atoms with Gasteiger partial charge in [0.05, 0.1) is 17.3 Å². The average molecular weight is 338 g/mol. The number of hydrogen-bond acceptors (Lipinski definition) is 3. The van der Waals surface area contributed by atoms with Crippen molar-refractivity contribution in [1.82, 2.24) is 19.9 Å². The van der Waals surface area contributed by atoms with E-state index in [1.54, 1.807) is 6.92 Å². The zero-order valence-electron chi connectivity index (χ0n) is 13.1. The maximum atomic E-state index is 12.9. The van der Waals surface area contributed by atoms with Crippen LogP contribution in [-0.2, 0) is 0 Å². The summed E-state index contributed by atoms with van der Waals surface area (Å²) in [6, 6.07) is 9.15. The van der Waals surface area contributed by atoms with Crippen LogP contribution in [0.3, 0.4) is 0 Å². The maximum absolute atomic E-state index is 12.9. The Morgan fingerprint density at radius 3 is 2.62 bits per heavy atom. The Labute approximate surface area is 137 Å². The van der Waals surface area contributed by atoms with E-state index in [1.807, 2.05) is 30.3 Å². The highest BCUT2D eigenvalue weighted by molar-refractivity contribution is 5.93. The van der Waals surface area contributed by atoms with Crippen LogP contribution < -0.4 is 0 Å². The van der Waals surface area contributed by atoms with Crippen LogP contribution in [0.1, 0.15) is 29.0 Å². The van der Waals surface area contributed by atoms with Crippen LogP contribution >= 0.6 is 0 Å². The molecule has 0 unspecified atom stereocenters. The Morgan fingerprint density at radius 2 is 1.96 bits per heavy atom. The number of amides is 1. The Balaban J connectivity index is 1.82. The topological polar surface area (TPSA) is 51.0 Å². The molecule has 3 rings (SSSR count). The highest BCUT2D eigenvalue weighted by Gasteiger charge is 2.43. The van der Waals surface area contributed by atoms with Gasteiger partial charge in [0, 0.05) is 13.1 Å². The van der Waals surface area contributed by atoms with Gasteiger partial charge in [0.15, 0.2) is 5.69 Å². The van der Waals surface area contributed by atoms with Crippen molar-refractivity contribution >= 4 is 5.91 Å². The van der Waals surface area contributed by atoms with Crippen molar-refractivity contribution in [2.24, 2.45) is 5.92 Å². The molecule has 24 heavy (non-hydrogen) atoms. The molecular formula is C16H17F3N4O. The highest BCUT2D eigenvalue weighted by atomic mass is 19.4. The third kappa shape index (κ3) is 3.13. The van der Waals surface area contributed by atoms with Crippen LogP contribution in [0.15, 0.2) is 30.3 Å². The van der Waals surface area contributed by atoms with Crippen molar-refractivity contribution in [3.63, 3.8) is 0 Å². The van der Waals surface area contributed by atoms with E-state index < -0.39 is 18.0 Å². The Morgan fingerprint density at radius 1 is 1.25 bits per heavy atom. The number of benzene rings is 1. The summed E-state index contributed by atoms with van der Waals surface area (Å²) in [5.74, 6) is -1.97. The largest absolute Gasteiger partial charge is 0.393 e. The lowest BCUT2D eigenvalue weighted by Gasteiger charge is -2.33. The van der Waals surface area contributed by atoms with Crippen molar-refractivity contribution in [2.45, 2.75) is 25.9 Å². The van der Waals surface area contributed by atoms with Gasteiger partial charge in [0.1, 0.15) is 0 Å². The summed E-state index contributed by atoms with van der Waals surface area (Å²) < 4.78 is 40.3. The second-order valence-corrected chi connectivity index (χ2v) is 5.90. The molecule has 0 radical (unpaired) electrons. The summed E-state index contributed by atoms with van der Waals surface area (Å²) in [6.45, 7) is 1.68. The summed E-state index contributed by atoms with van der Waals surface area (Å²) in [6.07, 6.45) is -3.89. The molecule has 2 aromatic rings. The molecule has 0 N–H and O–H groups in total. The molecule has 1 aromatic carbocycles. The summed E-state index contributed by atoms with van der Waals surface area (Å²) in [5, 5.41) is 7.86. The molecule has 5 nitrogen and oxygen atoms in total. The van der Waals surface area contributed by atoms with Gasteiger partial charge in [0.2, 0.25) is 0 Å². The van der Waals surface area contributed by atoms with Gasteiger partial charge in [-0.25, -0.2) is 4.68 Å². The first-order chi connectivity index (χ1) is 11.4. The van der Waals surface area contributed by atoms with Gasteiger partial charge in [-0.3, -0.25) is 4.79 Å². The smallest absolute Gasteiger partial charge is 0.337 e. The van der Waals surface area contributed by atoms with Crippen LogP contribution in [0, 0.1) is 12.8 Å². The minimum Gasteiger partial charge on any atom is -0.337 e. The van der Waals surface area contributed by atoms with Gasteiger partial charge in [-0.05, 0) is 31.9 Å². The van der Waals surface area contributed by atoms with Crippen LogP contribution in [0.4, 0.5) is 13.2 Å². The molecule has 0 aliphatic carbocycles. The van der Waals surface area contributed by atoms with Gasteiger partial charge >= 0.3 is 6.18 Å². The molecule has 1 atom stereocenters. The molecule has 0 bridgehead atoms. The fourth-order valence-corrected chi connectivity index (χ4v) is 2.92. The number of likely N-dealkylation sites (tertiary alicyclic amines) is 1. The lowest BCUT2D eigenvalue weighted by molar-refractivity contribution is -0.184. The second kappa shape index (κ2) is 6.26. The quantitative estimate of drug-likeness (QED) is 0.846. The molecule has 1 fully saturated rings. The predicted molar refractivity (Wildman–Crippen MR) is 80.8 cm³/mol. The zero-order valence-corrected chi connectivity index (χ0v) is 13.1. The number of carbonyl (C=O) groups excluding carboxylic acids is 1. The number of para-hydroxylation sites is 1. The molecular weight excluding hydrogens is 321 g/mol. The first-order valence-corrected chi connectivity index (χ1v) is 7.71. The van der Waals surface area contributed by atoms with E-state index in [1.165, 1.54) is 9.58 Å². The standard InChI is InChI=1S/C16H17F3N4O/c1-11-14(20-21-23(11)13-7-3-2-4-8-13)15(24)22-9-5-6-12(10-22)16(17,18)19/h2-4,7-8,12H,5-6,9-10H2,1H3/t12-/m1/s1. The zero-order chi connectivity index (χ0) is 17.3. The van der Waals surface area contributed by atoms with E-state index in [-0.39, 0.29) is 18.7 Å². The molecule has 8 heteroatoms. The summed E-state index contributed by atoms with van der Waals surface area (Å²) in [5.41, 5.74) is 1.36. The Bertz CT molecular complexity index is 727. The molecule has 2 heterocycles. The third-order valence-corrected chi connectivity index (χ3v) is 4.27. The SMILES string of the molecule is Cc1c(C(=O)N2CCC[C@@H](C(F)(F)F)C2)nnn1-c1ccccc1. The Kier molecular flexibility index (Phi) is 4.29. The summed E-state index contributed by atoms with van der Waals surface area (Å²) in [4.78, 5) is 13.8. The van der Waals surface area contributed by atoms with Crippen molar-refractivity contribution < 1.29 is 18.0 Å². The number of hydrogen-bond donors (Lipinski definition) is 0. The number of carbonyl (C=O) groups is 1. The number of rotatable bonds is 2.